The van der Waals surface area contributed by atoms with Crippen molar-refractivity contribution in [1.82, 2.24) is 19.4 Å². The van der Waals surface area contributed by atoms with Crippen LogP contribution in [0.15, 0.2) is 53.6 Å². The fourth-order valence-electron chi connectivity index (χ4n) is 5.90. The molecule has 0 spiro atoms. The molecule has 2 aliphatic rings. The van der Waals surface area contributed by atoms with Crippen LogP contribution in [-0.2, 0) is 0 Å². The Morgan fingerprint density at radius 2 is 1.98 bits per heavy atom. The van der Waals surface area contributed by atoms with Gasteiger partial charge in [-0.2, -0.15) is 4.98 Å². The molecule has 1 aromatic carbocycles. The van der Waals surface area contributed by atoms with Gasteiger partial charge < -0.3 is 28.7 Å². The van der Waals surface area contributed by atoms with Crippen LogP contribution in [0.3, 0.4) is 0 Å². The van der Waals surface area contributed by atoms with Gasteiger partial charge in [0.05, 0.1) is 36.1 Å². The van der Waals surface area contributed by atoms with E-state index >= 15 is 0 Å². The molecule has 0 aliphatic carbocycles. The van der Waals surface area contributed by atoms with Crippen molar-refractivity contribution < 1.29 is 14.3 Å². The minimum Gasteiger partial charge on any atom is -0.481 e. The van der Waals surface area contributed by atoms with E-state index in [1.165, 1.54) is 0 Å². The zero-order chi connectivity index (χ0) is 30.2. The van der Waals surface area contributed by atoms with Crippen LogP contribution in [-0.4, -0.2) is 85.3 Å². The normalized spacial score (nSPS) is 17.0. The van der Waals surface area contributed by atoms with Crippen molar-refractivity contribution in [2.45, 2.75) is 31.8 Å². The summed E-state index contributed by atoms with van der Waals surface area (Å²) in [7, 11) is 5.73. The average molecular weight is 603 g/mol. The number of methoxy groups -OCH3 is 1. The van der Waals surface area contributed by atoms with Crippen molar-refractivity contribution in [3.05, 3.63) is 75.2 Å². The molecule has 3 aromatic heterocycles. The number of aldehydes is 1. The SMILES string of the molecule is COc1ccc(Cl)c(OCC2CCCN2c2cc3c(cc2C)c(=O)c(C=O)cn3-c2ccc(N3CC(N(C)C)C3)nc2)n1. The molecule has 0 amide bonds. The van der Waals surface area contributed by atoms with Gasteiger partial charge in [-0.25, -0.2) is 4.98 Å². The van der Waals surface area contributed by atoms with Crippen molar-refractivity contribution in [3.8, 4) is 17.4 Å². The van der Waals surface area contributed by atoms with Crippen LogP contribution in [0.1, 0.15) is 28.8 Å². The van der Waals surface area contributed by atoms with Gasteiger partial charge in [-0.3, -0.25) is 9.59 Å². The number of rotatable bonds is 9. The summed E-state index contributed by atoms with van der Waals surface area (Å²) < 4.78 is 13.2. The number of aromatic nitrogens is 3. The molecule has 4 aromatic rings. The summed E-state index contributed by atoms with van der Waals surface area (Å²) >= 11 is 6.33. The summed E-state index contributed by atoms with van der Waals surface area (Å²) in [4.78, 5) is 41.0. The van der Waals surface area contributed by atoms with Gasteiger partial charge in [0, 0.05) is 49.0 Å². The minimum atomic E-state index is -0.282. The predicted octanol–water partition coefficient (Wildman–Crippen LogP) is 4.36. The van der Waals surface area contributed by atoms with E-state index in [1.807, 2.05) is 35.8 Å². The first-order valence-corrected chi connectivity index (χ1v) is 14.8. The van der Waals surface area contributed by atoms with Gasteiger partial charge in [-0.15, -0.1) is 0 Å². The summed E-state index contributed by atoms with van der Waals surface area (Å²) in [6.07, 6.45) is 5.97. The van der Waals surface area contributed by atoms with Gasteiger partial charge >= 0.3 is 0 Å². The molecule has 43 heavy (non-hydrogen) atoms. The number of fused-ring (bicyclic) bond motifs is 1. The number of ether oxygens (including phenoxy) is 2. The quantitative estimate of drug-likeness (QED) is 0.259. The Morgan fingerprint density at radius 1 is 1.16 bits per heavy atom. The maximum Gasteiger partial charge on any atom is 0.235 e. The molecule has 2 aliphatic heterocycles. The Labute approximate surface area is 255 Å². The predicted molar refractivity (Wildman–Crippen MR) is 169 cm³/mol. The summed E-state index contributed by atoms with van der Waals surface area (Å²) in [6, 6.07) is 11.9. The van der Waals surface area contributed by atoms with Crippen molar-refractivity contribution in [2.75, 3.05) is 57.2 Å². The lowest BCUT2D eigenvalue weighted by Crippen LogP contribution is -2.57. The number of carbonyl (C=O) groups is 1. The number of hydrogen-bond acceptors (Lipinski definition) is 9. The fourth-order valence-corrected chi connectivity index (χ4v) is 6.06. The van der Waals surface area contributed by atoms with E-state index in [2.05, 4.69) is 33.8 Å². The highest BCUT2D eigenvalue weighted by Crippen LogP contribution is 2.34. The zero-order valence-corrected chi connectivity index (χ0v) is 25.5. The standard InChI is InChI=1S/C32H35ClN6O4/c1-20-12-25-28(13-27(20)38-11-5-6-23(38)19-43-32-26(33)8-10-30(35-32)42-4)39(15-21(18-40)31(25)41)22-7-9-29(34-14-22)37-16-24(17-37)36(2)3/h7-10,12-15,18,23-24H,5-6,11,16-17,19H2,1-4H3. The lowest BCUT2D eigenvalue weighted by molar-refractivity contribution is 0.112. The number of halogens is 1. The molecule has 10 nitrogen and oxygen atoms in total. The lowest BCUT2D eigenvalue weighted by atomic mass is 10.0. The van der Waals surface area contributed by atoms with Gasteiger partial charge in [-0.05, 0) is 69.8 Å². The van der Waals surface area contributed by atoms with Crippen LogP contribution < -0.4 is 24.7 Å². The van der Waals surface area contributed by atoms with Crippen LogP contribution >= 0.6 is 11.6 Å². The summed E-state index contributed by atoms with van der Waals surface area (Å²) in [6.45, 7) is 5.09. The number of anilines is 2. The van der Waals surface area contributed by atoms with Gasteiger partial charge in [0.25, 0.3) is 0 Å². The molecule has 0 radical (unpaired) electrons. The third-order valence-corrected chi connectivity index (χ3v) is 8.79. The number of pyridine rings is 3. The van der Waals surface area contributed by atoms with Crippen LogP contribution in [0.5, 0.6) is 11.8 Å². The summed E-state index contributed by atoms with van der Waals surface area (Å²) in [5.74, 6) is 1.68. The number of benzene rings is 1. The lowest BCUT2D eigenvalue weighted by Gasteiger charge is -2.43. The van der Waals surface area contributed by atoms with Gasteiger partial charge in [0.15, 0.2) is 11.7 Å². The first-order chi connectivity index (χ1) is 20.8. The highest BCUT2D eigenvalue weighted by molar-refractivity contribution is 6.31. The molecule has 0 N–H and O–H groups in total. The second kappa shape index (κ2) is 11.9. The molecule has 224 valence electrons. The molecule has 1 atom stereocenters. The number of aryl methyl sites for hydroxylation is 1. The Bertz CT molecular complexity index is 1720. The first kappa shape index (κ1) is 28.9. The molecule has 2 saturated heterocycles. The van der Waals surface area contributed by atoms with E-state index in [-0.39, 0.29) is 17.0 Å². The zero-order valence-electron chi connectivity index (χ0n) is 24.8. The second-order valence-electron chi connectivity index (χ2n) is 11.4. The highest BCUT2D eigenvalue weighted by atomic mass is 35.5. The Morgan fingerprint density at radius 3 is 2.67 bits per heavy atom. The van der Waals surface area contributed by atoms with E-state index in [1.54, 1.807) is 31.6 Å². The Hall–Kier alpha value is -4.15. The number of carbonyl (C=O) groups excluding carboxylic acids is 1. The van der Waals surface area contributed by atoms with Crippen LogP contribution in [0.25, 0.3) is 16.6 Å². The van der Waals surface area contributed by atoms with Crippen molar-refractivity contribution in [1.29, 1.82) is 0 Å². The fraction of sp³-hybridized carbons (Fsp3) is 0.375. The van der Waals surface area contributed by atoms with Gasteiger partial charge in [0.2, 0.25) is 11.8 Å². The van der Waals surface area contributed by atoms with Crippen molar-refractivity contribution in [3.63, 3.8) is 0 Å². The monoisotopic (exact) mass is 602 g/mol. The first-order valence-electron chi connectivity index (χ1n) is 14.4. The molecule has 0 bridgehead atoms. The van der Waals surface area contributed by atoms with E-state index in [9.17, 15) is 9.59 Å². The molecular weight excluding hydrogens is 568 g/mol. The molecular formula is C32H35ClN6O4. The maximum atomic E-state index is 13.3. The number of nitrogens with zero attached hydrogens (tertiary/aromatic N) is 6. The second-order valence-corrected chi connectivity index (χ2v) is 11.8. The number of likely N-dealkylation sites (N-methyl/N-ethyl adjacent to an activating group) is 1. The van der Waals surface area contributed by atoms with Crippen LogP contribution in [0.2, 0.25) is 5.02 Å². The molecule has 6 rings (SSSR count). The average Bonchev–Trinajstić information content (AvgIpc) is 3.45. The summed E-state index contributed by atoms with van der Waals surface area (Å²) in [5.41, 5.74) is 3.27. The third-order valence-electron chi connectivity index (χ3n) is 8.50. The summed E-state index contributed by atoms with van der Waals surface area (Å²) in [5, 5.41) is 0.916. The van der Waals surface area contributed by atoms with Crippen molar-refractivity contribution >= 4 is 40.3 Å². The minimum absolute atomic E-state index is 0.0816. The smallest absolute Gasteiger partial charge is 0.235 e. The maximum absolute atomic E-state index is 13.3. The van der Waals surface area contributed by atoms with Gasteiger partial charge in [0.1, 0.15) is 17.4 Å². The molecule has 1 unspecified atom stereocenters. The van der Waals surface area contributed by atoms with E-state index < -0.39 is 0 Å². The Kier molecular flexibility index (Phi) is 7.98. The molecule has 0 saturated carbocycles. The van der Waals surface area contributed by atoms with Crippen LogP contribution in [0, 0.1) is 6.92 Å². The van der Waals surface area contributed by atoms with Gasteiger partial charge in [-0.1, -0.05) is 11.6 Å². The van der Waals surface area contributed by atoms with E-state index in [4.69, 9.17) is 26.1 Å². The van der Waals surface area contributed by atoms with Crippen molar-refractivity contribution in [2.24, 2.45) is 0 Å². The largest absolute Gasteiger partial charge is 0.481 e. The molecule has 2 fully saturated rings. The van der Waals surface area contributed by atoms with E-state index in [0.717, 1.165) is 55.2 Å². The van der Waals surface area contributed by atoms with E-state index in [0.29, 0.717) is 46.6 Å². The molecule has 11 heteroatoms. The van der Waals surface area contributed by atoms with Crippen LogP contribution in [0.4, 0.5) is 11.5 Å². The Balaban J connectivity index is 1.33. The third kappa shape index (κ3) is 5.52. The topological polar surface area (TPSA) is 93.0 Å². The number of hydrogen-bond donors (Lipinski definition) is 0. The molecule has 5 heterocycles. The highest BCUT2D eigenvalue weighted by Gasteiger charge is 2.30.